The summed E-state index contributed by atoms with van der Waals surface area (Å²) in [5, 5.41) is 11.1. The Bertz CT molecular complexity index is 417. The van der Waals surface area contributed by atoms with E-state index in [0.29, 0.717) is 18.0 Å². The van der Waals surface area contributed by atoms with Gasteiger partial charge in [-0.1, -0.05) is 0 Å². The Hall–Kier alpha value is -2.08. The van der Waals surface area contributed by atoms with Gasteiger partial charge in [0.2, 0.25) is 5.91 Å². The molecule has 6 nitrogen and oxygen atoms in total. The van der Waals surface area contributed by atoms with Crippen LogP contribution in [0.25, 0.3) is 0 Å². The number of amides is 1. The van der Waals surface area contributed by atoms with Gasteiger partial charge in [0.15, 0.2) is 0 Å². The summed E-state index contributed by atoms with van der Waals surface area (Å²) < 4.78 is 5.25. The van der Waals surface area contributed by atoms with Crippen LogP contribution in [0.15, 0.2) is 24.3 Å². The van der Waals surface area contributed by atoms with Crippen molar-refractivity contribution in [1.82, 2.24) is 0 Å². The molecule has 1 rings (SSSR count). The van der Waals surface area contributed by atoms with Crippen molar-refractivity contribution in [1.29, 1.82) is 0 Å². The van der Waals surface area contributed by atoms with Gasteiger partial charge in [0.1, 0.15) is 5.75 Å². The number of ether oxygens (including phenoxy) is 1. The number of benzene rings is 1. The molecule has 0 aliphatic heterocycles. The molecule has 0 fully saturated rings. The lowest BCUT2D eigenvalue weighted by atomic mass is 10.2. The van der Waals surface area contributed by atoms with Crippen molar-refractivity contribution in [3.05, 3.63) is 24.3 Å². The molecule has 4 N–H and O–H groups in total. The Balaban J connectivity index is 2.56. The zero-order valence-electron chi connectivity index (χ0n) is 10.1. The second-order valence-corrected chi connectivity index (χ2v) is 3.65. The molecule has 1 amide bonds. The summed E-state index contributed by atoms with van der Waals surface area (Å²) in [5.74, 6) is -0.934. The third kappa shape index (κ3) is 4.42. The van der Waals surface area contributed by atoms with E-state index in [0.717, 1.165) is 0 Å². The lowest BCUT2D eigenvalue weighted by molar-refractivity contribution is -0.138. The van der Waals surface area contributed by atoms with Crippen molar-refractivity contribution >= 4 is 17.6 Å². The van der Waals surface area contributed by atoms with Gasteiger partial charge in [0, 0.05) is 5.69 Å². The second kappa shape index (κ2) is 6.61. The van der Waals surface area contributed by atoms with E-state index < -0.39 is 24.3 Å². The molecular weight excluding hydrogens is 236 g/mol. The largest absolute Gasteiger partial charge is 0.494 e. The molecule has 0 saturated carbocycles. The van der Waals surface area contributed by atoms with Gasteiger partial charge < -0.3 is 20.9 Å². The van der Waals surface area contributed by atoms with Crippen molar-refractivity contribution in [2.45, 2.75) is 19.4 Å². The van der Waals surface area contributed by atoms with Crippen LogP contribution in [-0.4, -0.2) is 29.6 Å². The zero-order valence-corrected chi connectivity index (χ0v) is 10.1. The molecule has 0 bridgehead atoms. The predicted molar refractivity (Wildman–Crippen MR) is 66.5 cm³/mol. The number of hydrogen-bond acceptors (Lipinski definition) is 4. The molecule has 0 aliphatic rings. The van der Waals surface area contributed by atoms with E-state index in [2.05, 4.69) is 5.32 Å². The summed E-state index contributed by atoms with van der Waals surface area (Å²) in [6, 6.07) is 5.69. The summed E-state index contributed by atoms with van der Waals surface area (Å²) in [4.78, 5) is 21.9. The average Bonchev–Trinajstić information content (AvgIpc) is 2.31. The van der Waals surface area contributed by atoms with Gasteiger partial charge in [0.25, 0.3) is 0 Å². The molecule has 1 unspecified atom stereocenters. The molecule has 0 heterocycles. The number of carboxylic acids is 1. The van der Waals surface area contributed by atoms with Gasteiger partial charge >= 0.3 is 5.97 Å². The maximum absolute atomic E-state index is 11.5. The van der Waals surface area contributed by atoms with Gasteiger partial charge in [-0.3, -0.25) is 9.59 Å². The van der Waals surface area contributed by atoms with E-state index in [1.807, 2.05) is 6.92 Å². The van der Waals surface area contributed by atoms with Crippen LogP contribution in [0.1, 0.15) is 13.3 Å². The molecule has 1 atom stereocenters. The highest BCUT2D eigenvalue weighted by molar-refractivity contribution is 5.96. The SMILES string of the molecule is CCOc1ccc(NC(=O)C(N)CC(=O)O)cc1. The lowest BCUT2D eigenvalue weighted by Gasteiger charge is -2.10. The lowest BCUT2D eigenvalue weighted by Crippen LogP contribution is -2.37. The molecule has 1 aromatic rings. The van der Waals surface area contributed by atoms with Crippen LogP contribution in [-0.2, 0) is 9.59 Å². The Morgan fingerprint density at radius 2 is 2.00 bits per heavy atom. The third-order valence-electron chi connectivity index (χ3n) is 2.16. The normalized spacial score (nSPS) is 11.7. The molecule has 0 aromatic heterocycles. The first kappa shape index (κ1) is 14.0. The number of carbonyl (C=O) groups excluding carboxylic acids is 1. The number of nitrogens with one attached hydrogen (secondary N) is 1. The average molecular weight is 252 g/mol. The fourth-order valence-corrected chi connectivity index (χ4v) is 1.32. The van der Waals surface area contributed by atoms with Crippen LogP contribution < -0.4 is 15.8 Å². The molecule has 0 aliphatic carbocycles. The molecule has 0 saturated heterocycles. The Labute approximate surface area is 105 Å². The van der Waals surface area contributed by atoms with E-state index in [9.17, 15) is 9.59 Å². The summed E-state index contributed by atoms with van der Waals surface area (Å²) in [6.45, 7) is 2.44. The molecule has 6 heteroatoms. The minimum atomic E-state index is -1.11. The Morgan fingerprint density at radius 3 is 2.50 bits per heavy atom. The first-order valence-corrected chi connectivity index (χ1v) is 5.54. The maximum Gasteiger partial charge on any atom is 0.305 e. The Morgan fingerprint density at radius 1 is 1.39 bits per heavy atom. The third-order valence-corrected chi connectivity index (χ3v) is 2.16. The van der Waals surface area contributed by atoms with E-state index in [1.165, 1.54) is 0 Å². The Kier molecular flexibility index (Phi) is 5.13. The van der Waals surface area contributed by atoms with Crippen molar-refractivity contribution in [2.75, 3.05) is 11.9 Å². The topological polar surface area (TPSA) is 102 Å². The van der Waals surface area contributed by atoms with Crippen LogP contribution in [0.5, 0.6) is 5.75 Å². The van der Waals surface area contributed by atoms with Crippen LogP contribution in [0.4, 0.5) is 5.69 Å². The van der Waals surface area contributed by atoms with Crippen LogP contribution >= 0.6 is 0 Å². The standard InChI is InChI=1S/C12H16N2O4/c1-2-18-9-5-3-8(4-6-9)14-12(17)10(13)7-11(15)16/h3-6,10H,2,7,13H2,1H3,(H,14,17)(H,15,16). The first-order chi connectivity index (χ1) is 8.52. The highest BCUT2D eigenvalue weighted by atomic mass is 16.5. The van der Waals surface area contributed by atoms with Crippen LogP contribution in [0, 0.1) is 0 Å². The van der Waals surface area contributed by atoms with Gasteiger partial charge in [-0.15, -0.1) is 0 Å². The first-order valence-electron chi connectivity index (χ1n) is 5.54. The van der Waals surface area contributed by atoms with E-state index in [1.54, 1.807) is 24.3 Å². The second-order valence-electron chi connectivity index (χ2n) is 3.65. The number of hydrogen-bond donors (Lipinski definition) is 3. The summed E-state index contributed by atoms with van der Waals surface area (Å²) in [6.07, 6.45) is -0.400. The van der Waals surface area contributed by atoms with E-state index >= 15 is 0 Å². The minimum absolute atomic E-state index is 0.400. The van der Waals surface area contributed by atoms with E-state index in [4.69, 9.17) is 15.6 Å². The summed E-state index contributed by atoms with van der Waals surface area (Å²) >= 11 is 0. The van der Waals surface area contributed by atoms with Crippen LogP contribution in [0.2, 0.25) is 0 Å². The molecule has 18 heavy (non-hydrogen) atoms. The molecular formula is C12H16N2O4. The van der Waals surface area contributed by atoms with Gasteiger partial charge in [-0.05, 0) is 31.2 Å². The number of rotatable bonds is 6. The smallest absolute Gasteiger partial charge is 0.305 e. The van der Waals surface area contributed by atoms with Crippen molar-refractivity contribution in [3.8, 4) is 5.75 Å². The fourth-order valence-electron chi connectivity index (χ4n) is 1.32. The minimum Gasteiger partial charge on any atom is -0.494 e. The number of carbonyl (C=O) groups is 2. The number of aliphatic carboxylic acids is 1. The van der Waals surface area contributed by atoms with E-state index in [-0.39, 0.29) is 0 Å². The highest BCUT2D eigenvalue weighted by Gasteiger charge is 2.16. The quantitative estimate of drug-likeness (QED) is 0.696. The predicted octanol–water partition coefficient (Wildman–Crippen LogP) is 0.826. The van der Waals surface area contributed by atoms with Gasteiger partial charge in [0.05, 0.1) is 19.1 Å². The number of carboxylic acid groups (broad SMARTS) is 1. The molecule has 1 aromatic carbocycles. The zero-order chi connectivity index (χ0) is 13.5. The van der Waals surface area contributed by atoms with Crippen molar-refractivity contribution in [2.24, 2.45) is 5.73 Å². The van der Waals surface area contributed by atoms with Crippen molar-refractivity contribution in [3.63, 3.8) is 0 Å². The van der Waals surface area contributed by atoms with Gasteiger partial charge in [-0.2, -0.15) is 0 Å². The maximum atomic E-state index is 11.5. The van der Waals surface area contributed by atoms with Crippen molar-refractivity contribution < 1.29 is 19.4 Å². The van der Waals surface area contributed by atoms with Crippen LogP contribution in [0.3, 0.4) is 0 Å². The fraction of sp³-hybridized carbons (Fsp3) is 0.333. The molecule has 98 valence electrons. The summed E-state index contributed by atoms with van der Waals surface area (Å²) in [7, 11) is 0. The number of nitrogens with two attached hydrogens (primary N) is 1. The number of anilines is 1. The monoisotopic (exact) mass is 252 g/mol. The molecule has 0 radical (unpaired) electrons. The molecule has 0 spiro atoms. The van der Waals surface area contributed by atoms with Gasteiger partial charge in [-0.25, -0.2) is 0 Å². The summed E-state index contributed by atoms with van der Waals surface area (Å²) in [5.41, 5.74) is 5.97. The highest BCUT2D eigenvalue weighted by Crippen LogP contribution is 2.15.